The minimum Gasteiger partial charge on any atom is -0.369 e. The van der Waals surface area contributed by atoms with Gasteiger partial charge in [-0.05, 0) is 30.8 Å². The van der Waals surface area contributed by atoms with Crippen LogP contribution in [0.15, 0.2) is 30.6 Å². The van der Waals surface area contributed by atoms with Gasteiger partial charge in [-0.15, -0.1) is 0 Å². The Morgan fingerprint density at radius 2 is 1.85 bits per heavy atom. The fraction of sp³-hybridized carbons (Fsp3) is 0.556. The van der Waals surface area contributed by atoms with Crippen molar-refractivity contribution < 1.29 is 4.92 Å². The summed E-state index contributed by atoms with van der Waals surface area (Å²) in [6.45, 7) is 7.39. The number of benzene rings is 1. The monoisotopic (exact) mass is 390 g/mol. The Labute approximate surface area is 164 Å². The summed E-state index contributed by atoms with van der Waals surface area (Å²) in [6.07, 6.45) is 5.37. The summed E-state index contributed by atoms with van der Waals surface area (Å²) in [5.74, 6) is 0. The van der Waals surface area contributed by atoms with Gasteiger partial charge >= 0.3 is 0 Å². The predicted octanol–water partition coefficient (Wildman–Crippen LogP) is 3.29. The molecule has 146 valence electrons. The Kier molecular flexibility index (Phi) is 6.57. The molecule has 0 radical (unpaired) electrons. The van der Waals surface area contributed by atoms with Crippen molar-refractivity contribution >= 4 is 23.6 Å². The van der Waals surface area contributed by atoms with Crippen LogP contribution in [0.4, 0.5) is 11.4 Å². The molecule has 0 aliphatic carbocycles. The van der Waals surface area contributed by atoms with Crippen LogP contribution < -0.4 is 4.90 Å². The van der Waals surface area contributed by atoms with Gasteiger partial charge in [-0.25, -0.2) is 4.68 Å². The first-order chi connectivity index (χ1) is 13.1. The summed E-state index contributed by atoms with van der Waals surface area (Å²) >= 11 is 5.55. The van der Waals surface area contributed by atoms with Gasteiger partial charge in [0, 0.05) is 50.5 Å². The van der Waals surface area contributed by atoms with Crippen molar-refractivity contribution in [3.05, 3.63) is 45.5 Å². The maximum Gasteiger partial charge on any atom is 0.269 e. The van der Waals surface area contributed by atoms with Gasteiger partial charge < -0.3 is 9.47 Å². The molecule has 0 bridgehead atoms. The molecule has 0 atom stereocenters. The molecule has 0 amide bonds. The number of nitro groups is 1. The van der Waals surface area contributed by atoms with Crippen LogP contribution in [0.2, 0.25) is 0 Å². The molecule has 1 aromatic heterocycles. The van der Waals surface area contributed by atoms with Gasteiger partial charge in [0.1, 0.15) is 6.33 Å². The summed E-state index contributed by atoms with van der Waals surface area (Å²) in [5, 5.41) is 15.2. The van der Waals surface area contributed by atoms with Crippen LogP contribution in [0.25, 0.3) is 0 Å². The number of rotatable bonds is 8. The Balaban J connectivity index is 1.52. The van der Waals surface area contributed by atoms with Crippen LogP contribution >= 0.6 is 12.2 Å². The van der Waals surface area contributed by atoms with Crippen molar-refractivity contribution in [2.45, 2.75) is 39.4 Å². The van der Waals surface area contributed by atoms with E-state index in [1.54, 1.807) is 12.1 Å². The highest BCUT2D eigenvalue weighted by atomic mass is 32.1. The van der Waals surface area contributed by atoms with Crippen molar-refractivity contribution in [1.29, 1.82) is 0 Å². The van der Waals surface area contributed by atoms with Crippen LogP contribution in [0.3, 0.4) is 0 Å². The maximum absolute atomic E-state index is 10.8. The van der Waals surface area contributed by atoms with E-state index in [0.717, 1.165) is 49.6 Å². The number of nitrogens with zero attached hydrogens (tertiary/aromatic N) is 6. The van der Waals surface area contributed by atoms with Crippen molar-refractivity contribution in [2.75, 3.05) is 31.1 Å². The summed E-state index contributed by atoms with van der Waals surface area (Å²) in [4.78, 5) is 15.0. The average molecular weight is 391 g/mol. The van der Waals surface area contributed by atoms with E-state index in [-0.39, 0.29) is 10.6 Å². The third-order valence-corrected chi connectivity index (χ3v) is 5.38. The van der Waals surface area contributed by atoms with E-state index in [4.69, 9.17) is 12.2 Å². The summed E-state index contributed by atoms with van der Waals surface area (Å²) < 4.78 is 4.73. The first kappa shape index (κ1) is 19.5. The lowest BCUT2D eigenvalue weighted by Crippen LogP contribution is -2.47. The molecule has 1 aromatic carbocycles. The molecule has 1 saturated heterocycles. The van der Waals surface area contributed by atoms with Gasteiger partial charge in [-0.2, -0.15) is 5.10 Å². The molecule has 27 heavy (non-hydrogen) atoms. The molecule has 0 unspecified atom stereocenters. The van der Waals surface area contributed by atoms with Gasteiger partial charge in [-0.3, -0.25) is 15.0 Å². The SMILES string of the molecule is CCCCCn1cnn(CN2CCN(c3ccc([N+](=O)[O-])cc3)CC2)c1=S. The minimum atomic E-state index is -0.368. The number of hydrogen-bond donors (Lipinski definition) is 0. The fourth-order valence-electron chi connectivity index (χ4n) is 3.28. The number of piperazine rings is 1. The molecule has 1 aliphatic heterocycles. The highest BCUT2D eigenvalue weighted by molar-refractivity contribution is 7.71. The molecule has 0 saturated carbocycles. The van der Waals surface area contributed by atoms with Crippen LogP contribution in [-0.2, 0) is 13.2 Å². The van der Waals surface area contributed by atoms with Crippen LogP contribution in [0.1, 0.15) is 26.2 Å². The third-order valence-electron chi connectivity index (χ3n) is 4.93. The predicted molar refractivity (Wildman–Crippen MR) is 107 cm³/mol. The lowest BCUT2D eigenvalue weighted by molar-refractivity contribution is -0.384. The summed E-state index contributed by atoms with van der Waals surface area (Å²) in [5.41, 5.74) is 1.15. The first-order valence-electron chi connectivity index (χ1n) is 9.42. The van der Waals surface area contributed by atoms with E-state index in [1.165, 1.54) is 12.8 Å². The number of non-ortho nitro benzene ring substituents is 1. The molecule has 2 heterocycles. The number of aromatic nitrogens is 3. The zero-order valence-corrected chi connectivity index (χ0v) is 16.5. The normalized spacial score (nSPS) is 15.2. The largest absolute Gasteiger partial charge is 0.369 e. The molecular formula is C18H26N6O2S. The maximum atomic E-state index is 10.8. The number of anilines is 1. The van der Waals surface area contributed by atoms with Crippen LogP contribution in [0.5, 0.6) is 0 Å². The Morgan fingerprint density at radius 1 is 1.15 bits per heavy atom. The third kappa shape index (κ3) is 4.92. The second kappa shape index (κ2) is 9.09. The van der Waals surface area contributed by atoms with Gasteiger partial charge in [0.2, 0.25) is 0 Å². The first-order valence-corrected chi connectivity index (χ1v) is 9.83. The lowest BCUT2D eigenvalue weighted by atomic mass is 10.2. The zero-order valence-electron chi connectivity index (χ0n) is 15.7. The molecule has 9 heteroatoms. The Bertz CT molecular complexity index is 808. The molecule has 0 spiro atoms. The molecule has 2 aromatic rings. The van der Waals surface area contributed by atoms with Crippen molar-refractivity contribution in [3.63, 3.8) is 0 Å². The number of unbranched alkanes of at least 4 members (excludes halogenated alkanes) is 2. The second-order valence-electron chi connectivity index (χ2n) is 6.83. The summed E-state index contributed by atoms with van der Waals surface area (Å²) in [6, 6.07) is 6.77. The van der Waals surface area contributed by atoms with E-state index in [1.807, 2.05) is 23.1 Å². The number of aryl methyl sites for hydroxylation is 1. The van der Waals surface area contributed by atoms with Crippen molar-refractivity contribution in [1.82, 2.24) is 19.2 Å². The molecule has 8 nitrogen and oxygen atoms in total. The molecule has 1 fully saturated rings. The topological polar surface area (TPSA) is 72.4 Å². The smallest absolute Gasteiger partial charge is 0.269 e. The van der Waals surface area contributed by atoms with E-state index in [9.17, 15) is 10.1 Å². The van der Waals surface area contributed by atoms with E-state index < -0.39 is 0 Å². The second-order valence-corrected chi connectivity index (χ2v) is 7.20. The molecule has 1 aliphatic rings. The zero-order chi connectivity index (χ0) is 19.2. The standard InChI is InChI=1S/C18H26N6O2S/c1-2-3-4-9-22-14-19-23(18(22)27)15-20-10-12-21(13-11-20)16-5-7-17(8-6-16)24(25)26/h5-8,14H,2-4,9-13,15H2,1H3. The highest BCUT2D eigenvalue weighted by Crippen LogP contribution is 2.20. The van der Waals surface area contributed by atoms with Crippen molar-refractivity contribution in [2.24, 2.45) is 0 Å². The van der Waals surface area contributed by atoms with Gasteiger partial charge in [0.25, 0.3) is 5.69 Å². The number of hydrogen-bond acceptors (Lipinski definition) is 6. The fourth-order valence-corrected chi connectivity index (χ4v) is 3.52. The Morgan fingerprint density at radius 3 is 2.48 bits per heavy atom. The molecule has 3 rings (SSSR count). The minimum absolute atomic E-state index is 0.126. The highest BCUT2D eigenvalue weighted by Gasteiger charge is 2.18. The average Bonchev–Trinajstić information content (AvgIpc) is 3.02. The van der Waals surface area contributed by atoms with Gasteiger partial charge in [0.05, 0.1) is 11.6 Å². The van der Waals surface area contributed by atoms with Gasteiger partial charge in [-0.1, -0.05) is 19.8 Å². The van der Waals surface area contributed by atoms with E-state index in [2.05, 4.69) is 26.4 Å². The molecule has 0 N–H and O–H groups in total. The van der Waals surface area contributed by atoms with Crippen LogP contribution in [0, 0.1) is 14.9 Å². The van der Waals surface area contributed by atoms with Gasteiger partial charge in [0.15, 0.2) is 4.77 Å². The van der Waals surface area contributed by atoms with E-state index in [0.29, 0.717) is 6.67 Å². The number of nitro benzene ring substituents is 1. The summed E-state index contributed by atoms with van der Waals surface area (Å²) in [7, 11) is 0. The molecular weight excluding hydrogens is 364 g/mol. The lowest BCUT2D eigenvalue weighted by Gasteiger charge is -2.35. The van der Waals surface area contributed by atoms with Crippen LogP contribution in [-0.4, -0.2) is 50.3 Å². The Hall–Kier alpha value is -2.26. The quantitative estimate of drug-likeness (QED) is 0.298. The van der Waals surface area contributed by atoms with Crippen molar-refractivity contribution in [3.8, 4) is 0 Å². The van der Waals surface area contributed by atoms with E-state index >= 15 is 0 Å².